The number of rotatable bonds is 6. The second-order valence-electron chi connectivity index (χ2n) is 5.38. The summed E-state index contributed by atoms with van der Waals surface area (Å²) in [6.07, 6.45) is 3.81. The van der Waals surface area contributed by atoms with E-state index in [4.69, 9.17) is 5.26 Å². The van der Waals surface area contributed by atoms with Crippen LogP contribution < -0.4 is 0 Å². The Labute approximate surface area is 140 Å². The molecule has 0 radical (unpaired) electrons. The van der Waals surface area contributed by atoms with Crippen LogP contribution in [0.2, 0.25) is 0 Å². The number of halogens is 1. The van der Waals surface area contributed by atoms with E-state index in [9.17, 15) is 14.3 Å². The van der Waals surface area contributed by atoms with E-state index < -0.39 is 17.8 Å². The summed E-state index contributed by atoms with van der Waals surface area (Å²) in [5, 5.41) is 18.5. The number of carbonyl (C=O) groups excluding carboxylic acids is 1. The van der Waals surface area contributed by atoms with Gasteiger partial charge in [0, 0.05) is 24.5 Å². The van der Waals surface area contributed by atoms with Crippen LogP contribution in [0.15, 0.2) is 42.7 Å². The quantitative estimate of drug-likeness (QED) is 0.884. The van der Waals surface area contributed by atoms with Gasteiger partial charge in [0.2, 0.25) is 0 Å². The smallest absolute Gasteiger partial charge is 0.254 e. The Balaban J connectivity index is 2.37. The van der Waals surface area contributed by atoms with Crippen LogP contribution in [0.3, 0.4) is 0 Å². The van der Waals surface area contributed by atoms with Crippen molar-refractivity contribution in [2.75, 3.05) is 6.61 Å². The second kappa shape index (κ2) is 8.18. The molecular weight excluding hydrogens is 309 g/mol. The minimum absolute atomic E-state index is 0.0803. The van der Waals surface area contributed by atoms with Gasteiger partial charge in [0.25, 0.3) is 5.91 Å². The van der Waals surface area contributed by atoms with E-state index in [0.717, 1.165) is 17.7 Å². The fourth-order valence-corrected chi connectivity index (χ4v) is 2.45. The van der Waals surface area contributed by atoms with Gasteiger partial charge in [-0.1, -0.05) is 13.0 Å². The summed E-state index contributed by atoms with van der Waals surface area (Å²) in [7, 11) is 0. The Morgan fingerprint density at radius 3 is 2.83 bits per heavy atom. The highest BCUT2D eigenvalue weighted by atomic mass is 19.1. The largest absolute Gasteiger partial charge is 0.394 e. The molecule has 0 fully saturated rings. The van der Waals surface area contributed by atoms with Crippen LogP contribution >= 0.6 is 0 Å². The molecular formula is C18H18FN3O2. The average Bonchev–Trinajstić information content (AvgIpc) is 2.61. The first kappa shape index (κ1) is 17.6. The number of nitrogens with zero attached hydrogens (tertiary/aromatic N) is 3. The van der Waals surface area contributed by atoms with E-state index >= 15 is 0 Å². The Hall–Kier alpha value is -2.78. The van der Waals surface area contributed by atoms with Crippen molar-refractivity contribution in [2.24, 2.45) is 0 Å². The summed E-state index contributed by atoms with van der Waals surface area (Å²) < 4.78 is 13.6. The molecule has 0 bridgehead atoms. The van der Waals surface area contributed by atoms with Crippen LogP contribution in [0.5, 0.6) is 0 Å². The highest BCUT2D eigenvalue weighted by Gasteiger charge is 2.24. The number of hydrogen-bond donors (Lipinski definition) is 1. The van der Waals surface area contributed by atoms with Crippen LogP contribution in [-0.4, -0.2) is 33.5 Å². The van der Waals surface area contributed by atoms with E-state index in [1.807, 2.05) is 19.1 Å². The van der Waals surface area contributed by atoms with Crippen molar-refractivity contribution < 1.29 is 14.3 Å². The predicted molar refractivity (Wildman–Crippen MR) is 86.4 cm³/mol. The molecule has 124 valence electrons. The lowest BCUT2D eigenvalue weighted by Gasteiger charge is -2.30. The standard InChI is InChI=1S/C18H18FN3O2/c1-2-17(12-23)22(11-13-4-3-5-21-10-13)18(24)15-6-14(9-20)7-16(19)8-15/h3-8,10,17,23H,2,11-12H2,1H3/t17-/m0/s1. The van der Waals surface area contributed by atoms with Crippen LogP contribution in [0.1, 0.15) is 34.8 Å². The van der Waals surface area contributed by atoms with Gasteiger partial charge in [-0.2, -0.15) is 5.26 Å². The maximum Gasteiger partial charge on any atom is 0.254 e. The maximum absolute atomic E-state index is 13.6. The molecule has 1 aromatic heterocycles. The molecule has 0 aliphatic rings. The van der Waals surface area contributed by atoms with Crippen molar-refractivity contribution in [2.45, 2.75) is 25.9 Å². The normalized spacial score (nSPS) is 11.6. The molecule has 0 unspecified atom stereocenters. The molecule has 1 amide bonds. The average molecular weight is 327 g/mol. The van der Waals surface area contributed by atoms with Gasteiger partial charge in [-0.25, -0.2) is 4.39 Å². The number of pyridine rings is 1. The first-order valence-corrected chi connectivity index (χ1v) is 7.60. The van der Waals surface area contributed by atoms with E-state index in [0.29, 0.717) is 6.42 Å². The lowest BCUT2D eigenvalue weighted by Crippen LogP contribution is -2.41. The Morgan fingerprint density at radius 1 is 1.46 bits per heavy atom. The third-order valence-corrected chi connectivity index (χ3v) is 3.73. The van der Waals surface area contributed by atoms with Crippen LogP contribution in [0.25, 0.3) is 0 Å². The molecule has 6 heteroatoms. The zero-order valence-electron chi connectivity index (χ0n) is 13.3. The van der Waals surface area contributed by atoms with Crippen LogP contribution in [0.4, 0.5) is 4.39 Å². The summed E-state index contributed by atoms with van der Waals surface area (Å²) in [6.45, 7) is 1.89. The number of amides is 1. The molecule has 1 heterocycles. The van der Waals surface area contributed by atoms with E-state index in [2.05, 4.69) is 4.98 Å². The predicted octanol–water partition coefficient (Wildman–Crippen LogP) is 2.51. The first-order chi connectivity index (χ1) is 11.6. The lowest BCUT2D eigenvalue weighted by molar-refractivity contribution is 0.0563. The van der Waals surface area contributed by atoms with Gasteiger partial charge < -0.3 is 10.0 Å². The summed E-state index contributed by atoms with van der Waals surface area (Å²) in [5.74, 6) is -1.08. The maximum atomic E-state index is 13.6. The molecule has 24 heavy (non-hydrogen) atoms. The van der Waals surface area contributed by atoms with Gasteiger partial charge in [-0.3, -0.25) is 9.78 Å². The van der Waals surface area contributed by atoms with Gasteiger partial charge in [0.15, 0.2) is 0 Å². The molecule has 0 aliphatic carbocycles. The van der Waals surface area contributed by atoms with Crippen LogP contribution in [0, 0.1) is 17.1 Å². The van der Waals surface area contributed by atoms with Crippen LogP contribution in [-0.2, 0) is 6.54 Å². The molecule has 2 aromatic rings. The monoisotopic (exact) mass is 327 g/mol. The summed E-state index contributed by atoms with van der Waals surface area (Å²) >= 11 is 0. The number of aliphatic hydroxyl groups is 1. The number of carbonyl (C=O) groups is 1. The number of hydrogen-bond acceptors (Lipinski definition) is 4. The number of nitriles is 1. The molecule has 5 nitrogen and oxygen atoms in total. The molecule has 0 saturated carbocycles. The number of benzene rings is 1. The Bertz CT molecular complexity index is 740. The molecule has 1 atom stereocenters. The van der Waals surface area contributed by atoms with Gasteiger partial charge in [-0.15, -0.1) is 0 Å². The van der Waals surface area contributed by atoms with Crippen molar-refractivity contribution in [3.63, 3.8) is 0 Å². The lowest BCUT2D eigenvalue weighted by atomic mass is 10.1. The molecule has 0 aliphatic heterocycles. The van der Waals surface area contributed by atoms with Gasteiger partial charge in [0.05, 0.1) is 24.3 Å². The number of aliphatic hydroxyl groups excluding tert-OH is 1. The molecule has 0 saturated heterocycles. The summed E-state index contributed by atoms with van der Waals surface area (Å²) in [4.78, 5) is 18.3. The second-order valence-corrected chi connectivity index (χ2v) is 5.38. The van der Waals surface area contributed by atoms with E-state index in [1.54, 1.807) is 18.5 Å². The van der Waals surface area contributed by atoms with Gasteiger partial charge in [-0.05, 0) is 36.2 Å². The fraction of sp³-hybridized carbons (Fsp3) is 0.278. The zero-order valence-corrected chi connectivity index (χ0v) is 13.3. The SMILES string of the molecule is CC[C@@H](CO)N(Cc1cccnc1)C(=O)c1cc(F)cc(C#N)c1. The summed E-state index contributed by atoms with van der Waals surface area (Å²) in [5.41, 5.74) is 0.966. The number of aromatic nitrogens is 1. The molecule has 0 spiro atoms. The first-order valence-electron chi connectivity index (χ1n) is 7.60. The van der Waals surface area contributed by atoms with Crippen molar-refractivity contribution in [1.29, 1.82) is 5.26 Å². The Morgan fingerprint density at radius 2 is 2.25 bits per heavy atom. The van der Waals surface area contributed by atoms with E-state index in [1.165, 1.54) is 11.0 Å². The van der Waals surface area contributed by atoms with Crippen molar-refractivity contribution in [3.05, 3.63) is 65.2 Å². The molecule has 1 N–H and O–H groups in total. The van der Waals surface area contributed by atoms with E-state index in [-0.39, 0.29) is 24.3 Å². The molecule has 2 rings (SSSR count). The highest BCUT2D eigenvalue weighted by molar-refractivity contribution is 5.94. The topological polar surface area (TPSA) is 77.2 Å². The minimum atomic E-state index is -0.643. The summed E-state index contributed by atoms with van der Waals surface area (Å²) in [6, 6.07) is 8.54. The van der Waals surface area contributed by atoms with Crippen molar-refractivity contribution in [1.82, 2.24) is 9.88 Å². The zero-order chi connectivity index (χ0) is 17.5. The fourth-order valence-electron chi connectivity index (χ4n) is 2.45. The van der Waals surface area contributed by atoms with Gasteiger partial charge in [0.1, 0.15) is 5.82 Å². The third-order valence-electron chi connectivity index (χ3n) is 3.73. The van der Waals surface area contributed by atoms with Gasteiger partial charge >= 0.3 is 0 Å². The minimum Gasteiger partial charge on any atom is -0.394 e. The third kappa shape index (κ3) is 4.15. The molecule has 1 aromatic carbocycles. The van der Waals surface area contributed by atoms with Crippen molar-refractivity contribution in [3.8, 4) is 6.07 Å². The Kier molecular flexibility index (Phi) is 5.99. The van der Waals surface area contributed by atoms with Crippen molar-refractivity contribution >= 4 is 5.91 Å². The highest BCUT2D eigenvalue weighted by Crippen LogP contribution is 2.17.